The van der Waals surface area contributed by atoms with Gasteiger partial charge >= 0.3 is 0 Å². The third-order valence-electron chi connectivity index (χ3n) is 4.47. The standard InChI is InChI=1S/C16H22N2O2S/c1-11-7-12(2)14(4)18(10-11)21(19,20)16-6-5-15(9-17)13(3)8-16/h5-6,8,11-12,14H,7,10H2,1-4H3. The topological polar surface area (TPSA) is 61.2 Å². The van der Waals surface area contributed by atoms with Crippen molar-refractivity contribution in [3.63, 3.8) is 0 Å². The molecule has 1 aliphatic heterocycles. The summed E-state index contributed by atoms with van der Waals surface area (Å²) in [5.74, 6) is 0.716. The number of rotatable bonds is 2. The van der Waals surface area contributed by atoms with Crippen LogP contribution < -0.4 is 0 Å². The summed E-state index contributed by atoms with van der Waals surface area (Å²) in [5, 5.41) is 8.96. The summed E-state index contributed by atoms with van der Waals surface area (Å²) in [7, 11) is -3.50. The first-order chi connectivity index (χ1) is 9.77. The van der Waals surface area contributed by atoms with Crippen LogP contribution in [0.4, 0.5) is 0 Å². The van der Waals surface area contributed by atoms with E-state index in [4.69, 9.17) is 5.26 Å². The Bertz CT molecular complexity index is 676. The Kier molecular flexibility index (Phi) is 4.40. The van der Waals surface area contributed by atoms with Crippen molar-refractivity contribution in [2.24, 2.45) is 11.8 Å². The van der Waals surface area contributed by atoms with E-state index < -0.39 is 10.0 Å². The fourth-order valence-electron chi connectivity index (χ4n) is 3.04. The molecule has 5 heteroatoms. The average molecular weight is 306 g/mol. The van der Waals surface area contributed by atoms with Gasteiger partial charge in [-0.1, -0.05) is 13.8 Å². The molecular formula is C16H22N2O2S. The number of piperidine rings is 1. The lowest BCUT2D eigenvalue weighted by molar-refractivity contribution is 0.157. The smallest absolute Gasteiger partial charge is 0.207 e. The second kappa shape index (κ2) is 5.78. The fourth-order valence-corrected chi connectivity index (χ4v) is 4.97. The highest BCUT2D eigenvalue weighted by molar-refractivity contribution is 7.89. The molecule has 0 radical (unpaired) electrons. The number of hydrogen-bond acceptors (Lipinski definition) is 3. The van der Waals surface area contributed by atoms with E-state index in [1.807, 2.05) is 6.92 Å². The van der Waals surface area contributed by atoms with Gasteiger partial charge in [0.15, 0.2) is 0 Å². The van der Waals surface area contributed by atoms with Crippen molar-refractivity contribution in [1.82, 2.24) is 4.31 Å². The van der Waals surface area contributed by atoms with E-state index >= 15 is 0 Å². The molecule has 1 aromatic carbocycles. The molecule has 114 valence electrons. The minimum atomic E-state index is -3.50. The van der Waals surface area contributed by atoms with Gasteiger partial charge in [-0.2, -0.15) is 9.57 Å². The van der Waals surface area contributed by atoms with Gasteiger partial charge < -0.3 is 0 Å². The SMILES string of the molecule is Cc1cc(S(=O)(=O)N2CC(C)CC(C)C2C)ccc1C#N. The molecule has 1 fully saturated rings. The number of nitriles is 1. The Balaban J connectivity index is 2.42. The molecule has 3 unspecified atom stereocenters. The maximum Gasteiger partial charge on any atom is 0.243 e. The lowest BCUT2D eigenvalue weighted by Crippen LogP contribution is -2.48. The first-order valence-electron chi connectivity index (χ1n) is 7.30. The molecule has 1 saturated heterocycles. The Morgan fingerprint density at radius 1 is 1.29 bits per heavy atom. The molecule has 0 N–H and O–H groups in total. The molecule has 1 heterocycles. The highest BCUT2D eigenvalue weighted by Crippen LogP contribution is 2.32. The molecule has 0 spiro atoms. The first kappa shape index (κ1) is 16.0. The molecule has 0 bridgehead atoms. The van der Waals surface area contributed by atoms with Gasteiger partial charge in [-0.05, 0) is 55.9 Å². The van der Waals surface area contributed by atoms with Crippen LogP contribution in [0.15, 0.2) is 23.1 Å². The van der Waals surface area contributed by atoms with Gasteiger partial charge in [-0.3, -0.25) is 0 Å². The van der Waals surface area contributed by atoms with Gasteiger partial charge in [0.25, 0.3) is 0 Å². The molecule has 21 heavy (non-hydrogen) atoms. The highest BCUT2D eigenvalue weighted by Gasteiger charge is 2.37. The van der Waals surface area contributed by atoms with Crippen molar-refractivity contribution in [2.75, 3.05) is 6.54 Å². The van der Waals surface area contributed by atoms with Crippen molar-refractivity contribution in [3.05, 3.63) is 29.3 Å². The van der Waals surface area contributed by atoms with Crippen molar-refractivity contribution < 1.29 is 8.42 Å². The second-order valence-electron chi connectivity index (χ2n) is 6.22. The van der Waals surface area contributed by atoms with Crippen molar-refractivity contribution >= 4 is 10.0 Å². The van der Waals surface area contributed by atoms with E-state index in [1.54, 1.807) is 23.4 Å². The van der Waals surface area contributed by atoms with E-state index in [-0.39, 0.29) is 10.9 Å². The van der Waals surface area contributed by atoms with Crippen molar-refractivity contribution in [2.45, 2.75) is 45.1 Å². The van der Waals surface area contributed by atoms with E-state index in [2.05, 4.69) is 19.9 Å². The van der Waals surface area contributed by atoms with Gasteiger partial charge in [0.1, 0.15) is 0 Å². The number of hydrogen-bond donors (Lipinski definition) is 0. The van der Waals surface area contributed by atoms with Gasteiger partial charge in [0.2, 0.25) is 10.0 Å². The van der Waals surface area contributed by atoms with Crippen LogP contribution in [0.25, 0.3) is 0 Å². The lowest BCUT2D eigenvalue weighted by atomic mass is 9.88. The maximum atomic E-state index is 12.9. The molecule has 0 saturated carbocycles. The van der Waals surface area contributed by atoms with Gasteiger partial charge in [0.05, 0.1) is 16.5 Å². The van der Waals surface area contributed by atoms with Gasteiger partial charge in [-0.25, -0.2) is 8.42 Å². The van der Waals surface area contributed by atoms with E-state index in [0.29, 0.717) is 29.5 Å². The minimum absolute atomic E-state index is 0.00199. The quantitative estimate of drug-likeness (QED) is 0.844. The summed E-state index contributed by atoms with van der Waals surface area (Å²) in [6.07, 6.45) is 1.06. The summed E-state index contributed by atoms with van der Waals surface area (Å²) in [4.78, 5) is 0.284. The fraction of sp³-hybridized carbons (Fsp3) is 0.562. The van der Waals surface area contributed by atoms with E-state index in [9.17, 15) is 8.42 Å². The van der Waals surface area contributed by atoms with Crippen LogP contribution >= 0.6 is 0 Å². The Morgan fingerprint density at radius 3 is 2.52 bits per heavy atom. The van der Waals surface area contributed by atoms with Crippen molar-refractivity contribution in [3.8, 4) is 6.07 Å². The van der Waals surface area contributed by atoms with Crippen LogP contribution in [-0.2, 0) is 10.0 Å². The largest absolute Gasteiger partial charge is 0.243 e. The molecule has 1 aromatic rings. The zero-order valence-electron chi connectivity index (χ0n) is 13.0. The molecule has 0 aliphatic carbocycles. The number of nitrogens with zero attached hydrogens (tertiary/aromatic N) is 2. The average Bonchev–Trinajstić information content (AvgIpc) is 2.42. The third-order valence-corrected chi connectivity index (χ3v) is 6.42. The summed E-state index contributed by atoms with van der Waals surface area (Å²) in [6.45, 7) is 8.50. The van der Waals surface area contributed by atoms with Crippen molar-refractivity contribution in [1.29, 1.82) is 5.26 Å². The summed E-state index contributed by atoms with van der Waals surface area (Å²) < 4.78 is 27.4. The van der Waals surface area contributed by atoms with Gasteiger partial charge in [0, 0.05) is 12.6 Å². The van der Waals surface area contributed by atoms with E-state index in [0.717, 1.165) is 6.42 Å². The van der Waals surface area contributed by atoms with Crippen LogP contribution in [0.2, 0.25) is 0 Å². The summed E-state index contributed by atoms with van der Waals surface area (Å²) >= 11 is 0. The highest BCUT2D eigenvalue weighted by atomic mass is 32.2. The van der Waals surface area contributed by atoms with Crippen LogP contribution in [0, 0.1) is 30.1 Å². The monoisotopic (exact) mass is 306 g/mol. The number of benzene rings is 1. The number of sulfonamides is 1. The predicted octanol–water partition coefficient (Wildman–Crippen LogP) is 2.92. The van der Waals surface area contributed by atoms with Crippen LogP contribution in [0.3, 0.4) is 0 Å². The summed E-state index contributed by atoms with van der Waals surface area (Å²) in [5.41, 5.74) is 1.21. The van der Waals surface area contributed by atoms with Gasteiger partial charge in [-0.15, -0.1) is 0 Å². The minimum Gasteiger partial charge on any atom is -0.207 e. The van der Waals surface area contributed by atoms with Crippen LogP contribution in [0.1, 0.15) is 38.3 Å². The molecule has 3 atom stereocenters. The molecule has 0 aromatic heterocycles. The Hall–Kier alpha value is -1.38. The lowest BCUT2D eigenvalue weighted by Gasteiger charge is -2.40. The predicted molar refractivity (Wildman–Crippen MR) is 82.2 cm³/mol. The normalized spacial score (nSPS) is 27.3. The molecule has 4 nitrogen and oxygen atoms in total. The molecule has 0 amide bonds. The van der Waals surface area contributed by atoms with E-state index in [1.165, 1.54) is 6.07 Å². The molecular weight excluding hydrogens is 284 g/mol. The first-order valence-corrected chi connectivity index (χ1v) is 8.74. The van der Waals surface area contributed by atoms with Crippen LogP contribution in [0.5, 0.6) is 0 Å². The third kappa shape index (κ3) is 2.97. The van der Waals surface area contributed by atoms with Crippen LogP contribution in [-0.4, -0.2) is 25.3 Å². The number of aryl methyl sites for hydroxylation is 1. The molecule has 2 rings (SSSR count). The zero-order chi connectivity index (χ0) is 15.8. The second-order valence-corrected chi connectivity index (χ2v) is 8.11. The Morgan fingerprint density at radius 2 is 1.95 bits per heavy atom. The maximum absolute atomic E-state index is 12.9. The molecule has 1 aliphatic rings. The Labute approximate surface area is 127 Å². The summed E-state index contributed by atoms with van der Waals surface area (Å²) in [6, 6.07) is 6.80. The zero-order valence-corrected chi connectivity index (χ0v) is 13.8.